The molecule has 17 heavy (non-hydrogen) atoms. The van der Waals surface area contributed by atoms with Crippen LogP contribution in [0.15, 0.2) is 24.3 Å². The molecule has 0 bridgehead atoms. The number of benzene rings is 1. The molecule has 2 rings (SSSR count). The number of hydrogen-bond donors (Lipinski definition) is 1. The lowest BCUT2D eigenvalue weighted by Crippen LogP contribution is -2.07. The average molecular weight is 250 g/mol. The summed E-state index contributed by atoms with van der Waals surface area (Å²) in [5.41, 5.74) is 0. The van der Waals surface area contributed by atoms with E-state index in [1.165, 1.54) is 0 Å². The maximum absolute atomic E-state index is 6.01. The van der Waals surface area contributed by atoms with Crippen molar-refractivity contribution in [2.75, 3.05) is 11.9 Å². The topological polar surface area (TPSA) is 37.8 Å². The normalized spacial score (nSPS) is 11.1. The maximum atomic E-state index is 6.01. The number of nitrogens with one attached hydrogen (secondary N) is 1. The zero-order chi connectivity index (χ0) is 12.3. The number of hydrogen-bond acceptors (Lipinski definition) is 3. The molecule has 0 atom stereocenters. The van der Waals surface area contributed by atoms with E-state index in [2.05, 4.69) is 29.4 Å². The molecular formula is C13H16ClN3. The Morgan fingerprint density at radius 2 is 1.88 bits per heavy atom. The van der Waals surface area contributed by atoms with Crippen molar-refractivity contribution < 1.29 is 0 Å². The van der Waals surface area contributed by atoms with Crippen molar-refractivity contribution in [3.63, 3.8) is 0 Å². The molecular weight excluding hydrogens is 234 g/mol. The second-order valence-corrected chi connectivity index (χ2v) is 4.85. The van der Waals surface area contributed by atoms with Gasteiger partial charge in [0, 0.05) is 17.3 Å². The molecule has 0 saturated carbocycles. The Hall–Kier alpha value is -1.35. The van der Waals surface area contributed by atoms with Crippen molar-refractivity contribution in [3.8, 4) is 0 Å². The molecule has 2 aromatic rings. The van der Waals surface area contributed by atoms with Gasteiger partial charge in [-0.1, -0.05) is 49.7 Å². The van der Waals surface area contributed by atoms with Crippen molar-refractivity contribution in [1.29, 1.82) is 0 Å². The van der Waals surface area contributed by atoms with Crippen LogP contribution in [0.1, 0.15) is 20.3 Å². The lowest BCUT2D eigenvalue weighted by atomic mass is 10.1. The van der Waals surface area contributed by atoms with E-state index in [4.69, 9.17) is 11.6 Å². The molecule has 1 aromatic carbocycles. The van der Waals surface area contributed by atoms with Gasteiger partial charge < -0.3 is 5.32 Å². The second kappa shape index (κ2) is 5.32. The van der Waals surface area contributed by atoms with Gasteiger partial charge in [-0.05, 0) is 12.3 Å². The van der Waals surface area contributed by atoms with Gasteiger partial charge >= 0.3 is 0 Å². The highest BCUT2D eigenvalue weighted by atomic mass is 35.5. The van der Waals surface area contributed by atoms with E-state index < -0.39 is 0 Å². The van der Waals surface area contributed by atoms with Crippen molar-refractivity contribution in [2.45, 2.75) is 20.3 Å². The van der Waals surface area contributed by atoms with Crippen molar-refractivity contribution in [1.82, 2.24) is 10.2 Å². The summed E-state index contributed by atoms with van der Waals surface area (Å²) >= 11 is 6.01. The molecule has 1 heterocycles. The summed E-state index contributed by atoms with van der Waals surface area (Å²) in [6, 6.07) is 7.90. The number of fused-ring (bicyclic) bond motifs is 1. The lowest BCUT2D eigenvalue weighted by Gasteiger charge is -2.09. The van der Waals surface area contributed by atoms with Crippen LogP contribution in [0.3, 0.4) is 0 Å². The van der Waals surface area contributed by atoms with Crippen LogP contribution in [-0.4, -0.2) is 16.7 Å². The summed E-state index contributed by atoms with van der Waals surface area (Å²) in [7, 11) is 0. The Morgan fingerprint density at radius 3 is 2.59 bits per heavy atom. The summed E-state index contributed by atoms with van der Waals surface area (Å²) in [6.07, 6.45) is 1.11. The Bertz CT molecular complexity index is 511. The standard InChI is InChI=1S/C13H16ClN3/c1-9(2)7-8-15-13-11-6-4-3-5-10(11)12(14)16-17-13/h3-6,9H,7-8H2,1-2H3,(H,15,17). The van der Waals surface area contributed by atoms with E-state index in [1.54, 1.807) is 0 Å². The highest BCUT2D eigenvalue weighted by Gasteiger charge is 2.06. The van der Waals surface area contributed by atoms with Crippen LogP contribution in [0.4, 0.5) is 5.82 Å². The Labute approximate surface area is 106 Å². The SMILES string of the molecule is CC(C)CCNc1nnc(Cl)c2ccccc12. The molecule has 4 heteroatoms. The molecule has 0 amide bonds. The summed E-state index contributed by atoms with van der Waals surface area (Å²) in [5.74, 6) is 1.49. The van der Waals surface area contributed by atoms with E-state index in [9.17, 15) is 0 Å². The van der Waals surface area contributed by atoms with Gasteiger partial charge in [0.15, 0.2) is 11.0 Å². The van der Waals surface area contributed by atoms with E-state index in [0.29, 0.717) is 11.1 Å². The smallest absolute Gasteiger partial charge is 0.159 e. The first kappa shape index (κ1) is 12.1. The van der Waals surface area contributed by atoms with E-state index in [1.807, 2.05) is 24.3 Å². The zero-order valence-corrected chi connectivity index (χ0v) is 10.8. The first-order valence-electron chi connectivity index (χ1n) is 5.83. The predicted octanol–water partition coefficient (Wildman–Crippen LogP) is 3.74. The minimum atomic E-state index is 0.454. The van der Waals surface area contributed by atoms with Crippen LogP contribution in [0.5, 0.6) is 0 Å². The zero-order valence-electron chi connectivity index (χ0n) is 10.1. The number of aromatic nitrogens is 2. The fourth-order valence-corrected chi connectivity index (χ4v) is 1.88. The Kier molecular flexibility index (Phi) is 3.79. The monoisotopic (exact) mass is 249 g/mol. The molecule has 0 radical (unpaired) electrons. The van der Waals surface area contributed by atoms with Gasteiger partial charge in [0.05, 0.1) is 0 Å². The number of halogens is 1. The molecule has 0 fully saturated rings. The number of rotatable bonds is 4. The summed E-state index contributed by atoms with van der Waals surface area (Å²) in [6.45, 7) is 5.30. The first-order valence-corrected chi connectivity index (χ1v) is 6.21. The second-order valence-electron chi connectivity index (χ2n) is 4.49. The van der Waals surface area contributed by atoms with Crippen LogP contribution < -0.4 is 5.32 Å². The fraction of sp³-hybridized carbons (Fsp3) is 0.385. The molecule has 0 spiro atoms. The minimum absolute atomic E-state index is 0.454. The predicted molar refractivity (Wildman–Crippen MR) is 72.5 cm³/mol. The van der Waals surface area contributed by atoms with E-state index in [0.717, 1.165) is 29.6 Å². The van der Waals surface area contributed by atoms with Gasteiger partial charge in [0.25, 0.3) is 0 Å². The molecule has 0 aliphatic heterocycles. The summed E-state index contributed by atoms with van der Waals surface area (Å²) in [4.78, 5) is 0. The number of nitrogens with zero attached hydrogens (tertiary/aromatic N) is 2. The highest BCUT2D eigenvalue weighted by Crippen LogP contribution is 2.25. The molecule has 1 N–H and O–H groups in total. The molecule has 0 aliphatic rings. The van der Waals surface area contributed by atoms with Gasteiger partial charge in [-0.25, -0.2) is 0 Å². The van der Waals surface area contributed by atoms with Crippen molar-refractivity contribution in [3.05, 3.63) is 29.4 Å². The average Bonchev–Trinajstić information content (AvgIpc) is 2.32. The Balaban J connectivity index is 2.26. The molecule has 90 valence electrons. The van der Waals surface area contributed by atoms with Crippen LogP contribution in [-0.2, 0) is 0 Å². The van der Waals surface area contributed by atoms with Gasteiger partial charge in [-0.15, -0.1) is 10.2 Å². The Morgan fingerprint density at radius 1 is 1.18 bits per heavy atom. The van der Waals surface area contributed by atoms with Crippen LogP contribution in [0, 0.1) is 5.92 Å². The molecule has 0 aliphatic carbocycles. The van der Waals surface area contributed by atoms with Gasteiger partial charge in [-0.2, -0.15) is 0 Å². The third kappa shape index (κ3) is 2.86. The van der Waals surface area contributed by atoms with E-state index in [-0.39, 0.29) is 0 Å². The highest BCUT2D eigenvalue weighted by molar-refractivity contribution is 6.34. The third-order valence-electron chi connectivity index (χ3n) is 2.66. The van der Waals surface area contributed by atoms with Crippen LogP contribution in [0.25, 0.3) is 10.8 Å². The van der Waals surface area contributed by atoms with E-state index >= 15 is 0 Å². The van der Waals surface area contributed by atoms with Gasteiger partial charge in [-0.3, -0.25) is 0 Å². The number of anilines is 1. The summed E-state index contributed by atoms with van der Waals surface area (Å²) in [5, 5.41) is 13.8. The minimum Gasteiger partial charge on any atom is -0.368 e. The molecule has 3 nitrogen and oxygen atoms in total. The van der Waals surface area contributed by atoms with Crippen LogP contribution >= 0.6 is 11.6 Å². The van der Waals surface area contributed by atoms with Gasteiger partial charge in [0.1, 0.15) is 0 Å². The first-order chi connectivity index (χ1) is 8.18. The van der Waals surface area contributed by atoms with Gasteiger partial charge in [0.2, 0.25) is 0 Å². The van der Waals surface area contributed by atoms with Crippen LogP contribution in [0.2, 0.25) is 5.15 Å². The third-order valence-corrected chi connectivity index (χ3v) is 2.94. The molecule has 1 aromatic heterocycles. The summed E-state index contributed by atoms with van der Waals surface area (Å²) < 4.78 is 0. The molecule has 0 unspecified atom stereocenters. The fourth-order valence-electron chi connectivity index (χ4n) is 1.68. The largest absolute Gasteiger partial charge is 0.368 e. The van der Waals surface area contributed by atoms with Crippen molar-refractivity contribution in [2.24, 2.45) is 5.92 Å². The quantitative estimate of drug-likeness (QED) is 0.897. The molecule has 0 saturated heterocycles. The lowest BCUT2D eigenvalue weighted by molar-refractivity contribution is 0.606. The van der Waals surface area contributed by atoms with Crippen molar-refractivity contribution >= 4 is 28.2 Å². The maximum Gasteiger partial charge on any atom is 0.159 e.